The molecule has 2 aromatic rings. The van der Waals surface area contributed by atoms with Gasteiger partial charge in [0.05, 0.1) is 19.6 Å². The molecule has 0 spiro atoms. The maximum Gasteiger partial charge on any atom is 0.247 e. The smallest absolute Gasteiger partial charge is 0.247 e. The van der Waals surface area contributed by atoms with Crippen LogP contribution in [0, 0.1) is 17.8 Å². The minimum Gasteiger partial charge on any atom is -0.487 e. The number of aliphatic hydroxyl groups excluding tert-OH is 1. The molecule has 39 heavy (non-hydrogen) atoms. The third-order valence-corrected chi connectivity index (χ3v) is 9.51. The van der Waals surface area contributed by atoms with Gasteiger partial charge < -0.3 is 19.8 Å². The first-order chi connectivity index (χ1) is 18.5. The van der Waals surface area contributed by atoms with Crippen molar-refractivity contribution in [2.75, 3.05) is 26.7 Å². The Hall–Kier alpha value is -2.97. The van der Waals surface area contributed by atoms with Crippen LogP contribution in [0.1, 0.15) is 50.7 Å². The molecule has 2 N–H and O–H groups in total. The van der Waals surface area contributed by atoms with E-state index in [0.717, 1.165) is 18.4 Å². The van der Waals surface area contributed by atoms with Gasteiger partial charge in [0, 0.05) is 43.5 Å². The van der Waals surface area contributed by atoms with Crippen molar-refractivity contribution < 1.29 is 28.2 Å². The maximum atomic E-state index is 13.7. The molecule has 10 heteroatoms. The molecule has 4 rings (SSSR count). The van der Waals surface area contributed by atoms with Gasteiger partial charge in [-0.1, -0.05) is 24.8 Å². The van der Waals surface area contributed by atoms with Crippen LogP contribution in [-0.2, 0) is 21.2 Å². The van der Waals surface area contributed by atoms with Crippen LogP contribution in [0.15, 0.2) is 47.6 Å². The van der Waals surface area contributed by atoms with Crippen molar-refractivity contribution in [2.24, 2.45) is 5.92 Å². The molecule has 210 valence electrons. The molecular weight excluding hydrogens is 518 g/mol. The lowest BCUT2D eigenvalue weighted by Gasteiger charge is -2.37. The monoisotopic (exact) mass is 555 g/mol. The van der Waals surface area contributed by atoms with E-state index in [4.69, 9.17) is 4.74 Å². The molecule has 2 aliphatic rings. The van der Waals surface area contributed by atoms with Crippen LogP contribution in [0.25, 0.3) is 0 Å². The fraction of sp³-hybridized carbons (Fsp3) is 0.517. The zero-order valence-corrected chi connectivity index (χ0v) is 23.5. The van der Waals surface area contributed by atoms with Crippen LogP contribution in [0.2, 0.25) is 0 Å². The molecule has 1 saturated carbocycles. The van der Waals surface area contributed by atoms with Crippen LogP contribution in [-0.4, -0.2) is 83.2 Å². The van der Waals surface area contributed by atoms with E-state index in [0.29, 0.717) is 18.4 Å². The van der Waals surface area contributed by atoms with E-state index in [1.54, 1.807) is 49.5 Å². The molecule has 1 aliphatic heterocycles. The molecule has 1 aliphatic carbocycles. The zero-order valence-electron chi connectivity index (χ0n) is 22.7. The summed E-state index contributed by atoms with van der Waals surface area (Å²) < 4.78 is 35.0. The predicted molar refractivity (Wildman–Crippen MR) is 146 cm³/mol. The molecule has 1 amide bonds. The second-order valence-electron chi connectivity index (χ2n) is 10.7. The van der Waals surface area contributed by atoms with Crippen molar-refractivity contribution in [1.82, 2.24) is 14.2 Å². The number of hydrogen-bond acceptors (Lipinski definition) is 7. The number of rotatable bonds is 6. The van der Waals surface area contributed by atoms with Gasteiger partial charge in [0.1, 0.15) is 22.4 Å². The van der Waals surface area contributed by atoms with Crippen LogP contribution < -0.4 is 4.74 Å². The number of fused-ring (bicyclic) bond motifs is 1. The highest BCUT2D eigenvalue weighted by atomic mass is 32.2. The van der Waals surface area contributed by atoms with E-state index < -0.39 is 27.8 Å². The number of amides is 1. The lowest BCUT2D eigenvalue weighted by atomic mass is 10.0. The number of carbonyl (C=O) groups is 1. The van der Waals surface area contributed by atoms with Gasteiger partial charge in [-0.2, -0.15) is 4.31 Å². The summed E-state index contributed by atoms with van der Waals surface area (Å²) in [4.78, 5) is 18.6. The number of likely N-dealkylation sites (N-methyl/N-ethyl adjacent to an activating group) is 1. The summed E-state index contributed by atoms with van der Waals surface area (Å²) in [5.41, 5.74) is 0.297. The van der Waals surface area contributed by atoms with E-state index in [2.05, 4.69) is 16.8 Å². The van der Waals surface area contributed by atoms with E-state index in [9.17, 15) is 23.4 Å². The standard InChI is InChI=1S/C29H37N3O6S/c1-21-18-32(22(2)20-33)39(36,37)27-9-8-23(10-13-29(35)11-4-5-12-29)15-25(27)38-26(21)19-31(3)28(34)16-24-7-6-14-30-17-24/h6-9,14-15,17,21-22,26,33,35H,4-5,11-12,16,18-20H2,1-3H3/t21-,22+,26-/m0/s1. The minimum atomic E-state index is -3.99. The van der Waals surface area contributed by atoms with Gasteiger partial charge in [-0.05, 0) is 62.4 Å². The second kappa shape index (κ2) is 12.0. The molecule has 0 radical (unpaired) electrons. The summed E-state index contributed by atoms with van der Waals surface area (Å²) in [5.74, 6) is 5.68. The average molecular weight is 556 g/mol. The summed E-state index contributed by atoms with van der Waals surface area (Å²) >= 11 is 0. The third-order valence-electron chi connectivity index (χ3n) is 7.50. The van der Waals surface area contributed by atoms with Gasteiger partial charge in [0.25, 0.3) is 0 Å². The van der Waals surface area contributed by atoms with Crippen molar-refractivity contribution in [3.05, 3.63) is 53.9 Å². The van der Waals surface area contributed by atoms with Crippen LogP contribution in [0.3, 0.4) is 0 Å². The Labute approximate surface area is 230 Å². The molecule has 0 saturated heterocycles. The zero-order chi connectivity index (χ0) is 28.2. The number of aromatic nitrogens is 1. The third kappa shape index (κ3) is 6.79. The Morgan fingerprint density at radius 1 is 1.31 bits per heavy atom. The Balaban J connectivity index is 1.66. The summed E-state index contributed by atoms with van der Waals surface area (Å²) in [5, 5.41) is 20.5. The fourth-order valence-corrected chi connectivity index (χ4v) is 6.80. The normalized spacial score (nSPS) is 22.8. The van der Waals surface area contributed by atoms with Gasteiger partial charge in [-0.15, -0.1) is 0 Å². The topological polar surface area (TPSA) is 120 Å². The average Bonchev–Trinajstić information content (AvgIpc) is 3.36. The minimum absolute atomic E-state index is 0.0193. The summed E-state index contributed by atoms with van der Waals surface area (Å²) in [7, 11) is -2.29. The number of sulfonamides is 1. The van der Waals surface area contributed by atoms with Crippen LogP contribution in [0.4, 0.5) is 0 Å². The first-order valence-electron chi connectivity index (χ1n) is 13.3. The van der Waals surface area contributed by atoms with E-state index in [1.807, 2.05) is 13.0 Å². The lowest BCUT2D eigenvalue weighted by molar-refractivity contribution is -0.130. The van der Waals surface area contributed by atoms with Gasteiger partial charge in [-0.3, -0.25) is 9.78 Å². The molecule has 9 nitrogen and oxygen atoms in total. The molecular formula is C29H37N3O6S. The fourth-order valence-electron chi connectivity index (χ4n) is 4.98. The van der Waals surface area contributed by atoms with Gasteiger partial charge in [0.2, 0.25) is 15.9 Å². The SMILES string of the molecule is C[C@H](CO)N1C[C@H](C)[C@H](CN(C)C(=O)Cc2cccnc2)Oc2cc(C#CC3(O)CCCC3)ccc2S1(=O)=O. The van der Waals surface area contributed by atoms with Crippen molar-refractivity contribution in [1.29, 1.82) is 0 Å². The number of ether oxygens (including phenoxy) is 1. The highest BCUT2D eigenvalue weighted by molar-refractivity contribution is 7.89. The lowest BCUT2D eigenvalue weighted by Crippen LogP contribution is -2.50. The largest absolute Gasteiger partial charge is 0.487 e. The molecule has 1 aromatic carbocycles. The first-order valence-corrected chi connectivity index (χ1v) is 14.8. The predicted octanol–water partition coefficient (Wildman–Crippen LogP) is 2.21. The highest BCUT2D eigenvalue weighted by Gasteiger charge is 2.38. The quantitative estimate of drug-likeness (QED) is 0.525. The van der Waals surface area contributed by atoms with Crippen molar-refractivity contribution >= 4 is 15.9 Å². The summed E-state index contributed by atoms with van der Waals surface area (Å²) in [6.45, 7) is 3.55. The molecule has 2 heterocycles. The molecule has 1 aromatic heterocycles. The molecule has 1 fully saturated rings. The Bertz CT molecular complexity index is 1330. The number of hydrogen-bond donors (Lipinski definition) is 2. The number of aliphatic hydroxyl groups is 2. The Kier molecular flexibility index (Phi) is 8.96. The Morgan fingerprint density at radius 2 is 2.05 bits per heavy atom. The van der Waals surface area contributed by atoms with E-state index in [1.165, 1.54) is 10.4 Å². The van der Waals surface area contributed by atoms with Crippen molar-refractivity contribution in [3.8, 4) is 17.6 Å². The second-order valence-corrected chi connectivity index (χ2v) is 12.6. The van der Waals surface area contributed by atoms with Crippen molar-refractivity contribution in [3.63, 3.8) is 0 Å². The highest BCUT2D eigenvalue weighted by Crippen LogP contribution is 2.34. The van der Waals surface area contributed by atoms with Gasteiger partial charge in [-0.25, -0.2) is 8.42 Å². The number of nitrogens with zero attached hydrogens (tertiary/aromatic N) is 3. The van der Waals surface area contributed by atoms with Gasteiger partial charge >= 0.3 is 0 Å². The van der Waals surface area contributed by atoms with E-state index in [-0.39, 0.29) is 48.6 Å². The molecule has 3 atom stereocenters. The van der Waals surface area contributed by atoms with Crippen LogP contribution in [0.5, 0.6) is 5.75 Å². The summed E-state index contributed by atoms with van der Waals surface area (Å²) in [6, 6.07) is 7.63. The van der Waals surface area contributed by atoms with Crippen molar-refractivity contribution in [2.45, 2.75) is 68.6 Å². The van der Waals surface area contributed by atoms with E-state index >= 15 is 0 Å². The van der Waals surface area contributed by atoms with Gasteiger partial charge in [0.15, 0.2) is 0 Å². The number of benzene rings is 1. The maximum absolute atomic E-state index is 13.7. The Morgan fingerprint density at radius 3 is 2.72 bits per heavy atom. The first kappa shape index (κ1) is 29.0. The molecule has 0 bridgehead atoms. The number of pyridine rings is 1. The van der Waals surface area contributed by atoms with Crippen LogP contribution >= 0.6 is 0 Å². The number of carbonyl (C=O) groups excluding carboxylic acids is 1. The molecule has 0 unspecified atom stereocenters. The summed E-state index contributed by atoms with van der Waals surface area (Å²) in [6.07, 6.45) is 6.03.